The van der Waals surface area contributed by atoms with Crippen LogP contribution < -0.4 is 15.7 Å². The van der Waals surface area contributed by atoms with Crippen molar-refractivity contribution in [1.82, 2.24) is 15.3 Å². The van der Waals surface area contributed by atoms with E-state index in [1.807, 2.05) is 27.7 Å². The molecule has 1 N–H and O–H groups in total. The molecule has 2 saturated heterocycles. The van der Waals surface area contributed by atoms with E-state index in [2.05, 4.69) is 20.2 Å². The normalized spacial score (nSPS) is 24.6. The van der Waals surface area contributed by atoms with Crippen molar-refractivity contribution >= 4 is 24.4 Å². The molecule has 0 aliphatic carbocycles. The Balaban J connectivity index is 1.69. The molecule has 3 heterocycles. The minimum Gasteiger partial charge on any atom is -0.399 e. The Morgan fingerprint density at radius 1 is 1.28 bits per heavy atom. The number of rotatable bonds is 4. The highest BCUT2D eigenvalue weighted by atomic mass is 16.7. The molecule has 8 heteroatoms. The quantitative estimate of drug-likeness (QED) is 0.816. The molecule has 1 atom stereocenters. The smallest absolute Gasteiger partial charge is 0.399 e. The van der Waals surface area contributed by atoms with Gasteiger partial charge in [-0.3, -0.25) is 4.79 Å². The number of hydrogen-bond acceptors (Lipinski definition) is 6. The number of nitrogens with one attached hydrogen (secondary N) is 1. The number of nitrogens with zero attached hydrogens (tertiary/aromatic N) is 3. The zero-order valence-electron chi connectivity index (χ0n) is 15.7. The van der Waals surface area contributed by atoms with Crippen LogP contribution in [0, 0.1) is 0 Å². The van der Waals surface area contributed by atoms with E-state index >= 15 is 0 Å². The van der Waals surface area contributed by atoms with E-state index in [0.29, 0.717) is 12.5 Å². The van der Waals surface area contributed by atoms with Crippen molar-refractivity contribution in [3.8, 4) is 0 Å². The van der Waals surface area contributed by atoms with Crippen LogP contribution >= 0.6 is 0 Å². The molecule has 0 aromatic carbocycles. The van der Waals surface area contributed by atoms with Crippen LogP contribution in [-0.4, -0.2) is 53.3 Å². The van der Waals surface area contributed by atoms with Crippen LogP contribution in [0.15, 0.2) is 12.4 Å². The van der Waals surface area contributed by atoms with E-state index in [4.69, 9.17) is 9.31 Å². The fraction of sp³-hybridized carbons (Fsp3) is 0.706. The maximum atomic E-state index is 11.2. The SMILES string of the molecule is CC(=O)NC[C@H]1CCCN1c1ncc(B2OC(C)(C)C(C)(C)O2)cn1. The summed E-state index contributed by atoms with van der Waals surface area (Å²) >= 11 is 0. The van der Waals surface area contributed by atoms with Crippen molar-refractivity contribution in [1.29, 1.82) is 0 Å². The van der Waals surface area contributed by atoms with Crippen molar-refractivity contribution in [3.05, 3.63) is 12.4 Å². The summed E-state index contributed by atoms with van der Waals surface area (Å²) in [4.78, 5) is 22.3. The van der Waals surface area contributed by atoms with E-state index in [1.54, 1.807) is 12.4 Å². The number of hydrogen-bond donors (Lipinski definition) is 1. The van der Waals surface area contributed by atoms with Gasteiger partial charge in [-0.15, -0.1) is 0 Å². The molecule has 2 aliphatic rings. The first-order valence-electron chi connectivity index (χ1n) is 8.88. The second kappa shape index (κ2) is 6.57. The predicted molar refractivity (Wildman–Crippen MR) is 96.8 cm³/mol. The summed E-state index contributed by atoms with van der Waals surface area (Å²) in [5.74, 6) is 0.678. The highest BCUT2D eigenvalue weighted by molar-refractivity contribution is 6.61. The molecule has 7 nitrogen and oxygen atoms in total. The summed E-state index contributed by atoms with van der Waals surface area (Å²) in [6, 6.07) is 0.242. The van der Waals surface area contributed by atoms with E-state index in [0.717, 1.165) is 24.8 Å². The maximum Gasteiger partial charge on any atom is 0.498 e. The summed E-state index contributed by atoms with van der Waals surface area (Å²) < 4.78 is 12.1. The van der Waals surface area contributed by atoms with Gasteiger partial charge in [0.25, 0.3) is 0 Å². The van der Waals surface area contributed by atoms with Crippen molar-refractivity contribution in [3.63, 3.8) is 0 Å². The lowest BCUT2D eigenvalue weighted by atomic mass is 9.81. The fourth-order valence-electron chi connectivity index (χ4n) is 3.15. The van der Waals surface area contributed by atoms with Gasteiger partial charge in [0.05, 0.1) is 11.2 Å². The Morgan fingerprint density at radius 2 is 1.88 bits per heavy atom. The van der Waals surface area contributed by atoms with Crippen molar-refractivity contribution in [2.24, 2.45) is 0 Å². The third kappa shape index (κ3) is 3.65. The average molecular weight is 346 g/mol. The van der Waals surface area contributed by atoms with Gasteiger partial charge in [0.2, 0.25) is 11.9 Å². The first-order valence-corrected chi connectivity index (χ1v) is 8.88. The largest absolute Gasteiger partial charge is 0.498 e. The van der Waals surface area contributed by atoms with Gasteiger partial charge in [-0.25, -0.2) is 9.97 Å². The summed E-state index contributed by atoms with van der Waals surface area (Å²) in [6.45, 7) is 11.2. The van der Waals surface area contributed by atoms with Crippen molar-refractivity contribution < 1.29 is 14.1 Å². The zero-order valence-corrected chi connectivity index (χ0v) is 15.7. The number of carbonyl (C=O) groups excluding carboxylic acids is 1. The van der Waals surface area contributed by atoms with Gasteiger partial charge >= 0.3 is 7.12 Å². The van der Waals surface area contributed by atoms with Gasteiger partial charge in [0, 0.05) is 43.9 Å². The van der Waals surface area contributed by atoms with Gasteiger partial charge in [-0.1, -0.05) is 0 Å². The Hall–Kier alpha value is -1.67. The molecule has 1 aromatic heterocycles. The van der Waals surface area contributed by atoms with Gasteiger partial charge in [-0.2, -0.15) is 0 Å². The van der Waals surface area contributed by atoms with Gasteiger partial charge in [-0.05, 0) is 40.5 Å². The molecule has 0 bridgehead atoms. The Kier molecular flexibility index (Phi) is 4.77. The molecule has 136 valence electrons. The maximum absolute atomic E-state index is 11.2. The molecule has 2 aliphatic heterocycles. The molecule has 3 rings (SSSR count). The number of amides is 1. The lowest BCUT2D eigenvalue weighted by Gasteiger charge is -2.32. The van der Waals surface area contributed by atoms with Crippen LogP contribution in [-0.2, 0) is 14.1 Å². The first-order chi connectivity index (χ1) is 11.7. The highest BCUT2D eigenvalue weighted by Gasteiger charge is 2.52. The van der Waals surface area contributed by atoms with Gasteiger partial charge < -0.3 is 19.5 Å². The lowest BCUT2D eigenvalue weighted by Crippen LogP contribution is -2.41. The van der Waals surface area contributed by atoms with Crippen molar-refractivity contribution in [2.75, 3.05) is 18.0 Å². The highest BCUT2D eigenvalue weighted by Crippen LogP contribution is 2.36. The summed E-state index contributed by atoms with van der Waals surface area (Å²) in [5, 5.41) is 2.89. The number of aromatic nitrogens is 2. The monoisotopic (exact) mass is 346 g/mol. The molecular formula is C17H27BN4O3. The topological polar surface area (TPSA) is 76.6 Å². The van der Waals surface area contributed by atoms with Crippen molar-refractivity contribution in [2.45, 2.75) is 64.7 Å². The number of carbonyl (C=O) groups is 1. The van der Waals surface area contributed by atoms with Crippen LogP contribution in [0.1, 0.15) is 47.5 Å². The third-order valence-corrected chi connectivity index (χ3v) is 5.40. The van der Waals surface area contributed by atoms with E-state index in [1.165, 1.54) is 6.92 Å². The van der Waals surface area contributed by atoms with Gasteiger partial charge in [0.1, 0.15) is 0 Å². The van der Waals surface area contributed by atoms with Crippen LogP contribution in [0.25, 0.3) is 0 Å². The Bertz CT molecular complexity index is 619. The first kappa shape index (κ1) is 18.1. The second-order valence-corrected chi connectivity index (χ2v) is 7.83. The molecule has 0 spiro atoms. The molecule has 25 heavy (non-hydrogen) atoms. The minimum absolute atomic E-state index is 0.0103. The lowest BCUT2D eigenvalue weighted by molar-refractivity contribution is -0.119. The average Bonchev–Trinajstić information content (AvgIpc) is 3.08. The summed E-state index contributed by atoms with van der Waals surface area (Å²) in [5.41, 5.74) is 0.0590. The van der Waals surface area contributed by atoms with Crippen LogP contribution in [0.5, 0.6) is 0 Å². The van der Waals surface area contributed by atoms with Crippen LogP contribution in [0.2, 0.25) is 0 Å². The number of anilines is 1. The molecule has 1 amide bonds. The minimum atomic E-state index is -0.451. The molecule has 1 aromatic rings. The third-order valence-electron chi connectivity index (χ3n) is 5.40. The Labute approximate surface area is 149 Å². The van der Waals surface area contributed by atoms with E-state index in [9.17, 15) is 4.79 Å². The molecular weight excluding hydrogens is 319 g/mol. The van der Waals surface area contributed by atoms with E-state index in [-0.39, 0.29) is 23.2 Å². The van der Waals surface area contributed by atoms with Crippen LogP contribution in [0.3, 0.4) is 0 Å². The molecule has 0 saturated carbocycles. The summed E-state index contributed by atoms with van der Waals surface area (Å²) in [6.07, 6.45) is 5.66. The zero-order chi connectivity index (χ0) is 18.2. The van der Waals surface area contributed by atoms with Crippen LogP contribution in [0.4, 0.5) is 5.95 Å². The summed E-state index contributed by atoms with van der Waals surface area (Å²) in [7, 11) is -0.451. The Morgan fingerprint density at radius 3 is 2.44 bits per heavy atom. The molecule has 2 fully saturated rings. The molecule has 0 unspecified atom stereocenters. The standard InChI is InChI=1S/C17H27BN4O3/c1-12(23)19-11-14-7-6-8-22(14)15-20-9-13(10-21-15)18-24-16(2,3)17(4,5)25-18/h9-10,14H,6-8,11H2,1-5H3,(H,19,23)/t14-/m1/s1. The molecule has 0 radical (unpaired) electrons. The van der Waals surface area contributed by atoms with Gasteiger partial charge in [0.15, 0.2) is 0 Å². The van der Waals surface area contributed by atoms with E-state index < -0.39 is 7.12 Å². The fourth-order valence-corrected chi connectivity index (χ4v) is 3.15. The second-order valence-electron chi connectivity index (χ2n) is 7.83. The predicted octanol–water partition coefficient (Wildman–Crippen LogP) is 0.881.